The van der Waals surface area contributed by atoms with Crippen LogP contribution in [0, 0.1) is 0 Å². The van der Waals surface area contributed by atoms with E-state index < -0.39 is 0 Å². The van der Waals surface area contributed by atoms with E-state index in [1.54, 1.807) is 7.11 Å². The predicted molar refractivity (Wildman–Crippen MR) is 76.0 cm³/mol. The molecule has 94 valence electrons. The smallest absolute Gasteiger partial charge is 0.143 e. The van der Waals surface area contributed by atoms with Crippen LogP contribution in [0.4, 0.5) is 11.4 Å². The molecule has 2 aromatic carbocycles. The summed E-state index contributed by atoms with van der Waals surface area (Å²) in [5, 5.41) is 3.36. The lowest BCUT2D eigenvalue weighted by Crippen LogP contribution is -2.05. The highest BCUT2D eigenvalue weighted by Gasteiger charge is 2.00. The molecule has 0 saturated carbocycles. The van der Waals surface area contributed by atoms with E-state index in [1.807, 2.05) is 24.3 Å². The van der Waals surface area contributed by atoms with Crippen LogP contribution in [0.15, 0.2) is 48.5 Å². The zero-order valence-electron chi connectivity index (χ0n) is 10.5. The van der Waals surface area contributed by atoms with Crippen LogP contribution in [0.5, 0.6) is 5.75 Å². The molecule has 2 aromatic rings. The summed E-state index contributed by atoms with van der Waals surface area (Å²) in [5.41, 5.74) is 8.78. The number of methoxy groups -OCH3 is 1. The van der Waals surface area contributed by atoms with Gasteiger partial charge in [-0.25, -0.2) is 0 Å². The Labute approximate surface area is 108 Å². The molecule has 3 heteroatoms. The van der Waals surface area contributed by atoms with Crippen LogP contribution in [0.25, 0.3) is 0 Å². The van der Waals surface area contributed by atoms with Crippen LogP contribution >= 0.6 is 0 Å². The number of ether oxygens (including phenoxy) is 1. The van der Waals surface area contributed by atoms with Crippen LogP contribution in [0.3, 0.4) is 0 Å². The summed E-state index contributed by atoms with van der Waals surface area (Å²) in [5.74, 6) is 0.708. The molecule has 3 nitrogen and oxygen atoms in total. The van der Waals surface area contributed by atoms with E-state index in [4.69, 9.17) is 10.5 Å². The highest BCUT2D eigenvalue weighted by molar-refractivity contribution is 5.61. The summed E-state index contributed by atoms with van der Waals surface area (Å²) in [7, 11) is 1.62. The van der Waals surface area contributed by atoms with Crippen molar-refractivity contribution in [1.82, 2.24) is 0 Å². The third-order valence-electron chi connectivity index (χ3n) is 2.82. The monoisotopic (exact) mass is 242 g/mol. The quantitative estimate of drug-likeness (QED) is 0.792. The molecule has 0 radical (unpaired) electrons. The van der Waals surface area contributed by atoms with Crippen LogP contribution in [0.2, 0.25) is 0 Å². The van der Waals surface area contributed by atoms with E-state index >= 15 is 0 Å². The maximum atomic E-state index is 5.77. The average Bonchev–Trinajstić information content (AvgIpc) is 2.42. The Kier molecular flexibility index (Phi) is 4.07. The van der Waals surface area contributed by atoms with E-state index in [0.717, 1.165) is 18.7 Å². The van der Waals surface area contributed by atoms with Gasteiger partial charge < -0.3 is 15.8 Å². The van der Waals surface area contributed by atoms with Gasteiger partial charge in [0, 0.05) is 18.3 Å². The maximum absolute atomic E-state index is 5.77. The van der Waals surface area contributed by atoms with Gasteiger partial charge in [-0.1, -0.05) is 30.3 Å². The lowest BCUT2D eigenvalue weighted by Gasteiger charge is -2.09. The maximum Gasteiger partial charge on any atom is 0.143 e. The molecule has 0 aliphatic carbocycles. The molecule has 0 unspecified atom stereocenters. The van der Waals surface area contributed by atoms with E-state index in [9.17, 15) is 0 Å². The zero-order chi connectivity index (χ0) is 12.8. The molecule has 0 fully saturated rings. The minimum Gasteiger partial charge on any atom is -0.495 e. The summed E-state index contributed by atoms with van der Waals surface area (Å²) in [6.07, 6.45) is 0.994. The molecule has 0 aliphatic rings. The Hall–Kier alpha value is -2.16. The molecule has 0 saturated heterocycles. The summed E-state index contributed by atoms with van der Waals surface area (Å²) < 4.78 is 5.19. The second-order valence-corrected chi connectivity index (χ2v) is 4.12. The van der Waals surface area contributed by atoms with Crippen molar-refractivity contribution in [3.63, 3.8) is 0 Å². The predicted octanol–water partition coefficient (Wildman–Crippen LogP) is 2.93. The summed E-state index contributed by atoms with van der Waals surface area (Å²) in [6.45, 7) is 0.886. The second-order valence-electron chi connectivity index (χ2n) is 4.12. The van der Waals surface area contributed by atoms with Crippen molar-refractivity contribution in [2.75, 3.05) is 24.7 Å². The van der Waals surface area contributed by atoms with Crippen molar-refractivity contribution in [1.29, 1.82) is 0 Å². The number of nitrogen functional groups attached to an aromatic ring is 1. The normalized spacial score (nSPS) is 10.1. The Morgan fingerprint density at radius 2 is 1.89 bits per heavy atom. The topological polar surface area (TPSA) is 47.3 Å². The van der Waals surface area contributed by atoms with E-state index in [2.05, 4.69) is 29.6 Å². The number of nitrogens with two attached hydrogens (primary N) is 1. The Bertz CT molecular complexity index is 497. The molecule has 0 aliphatic heterocycles. The van der Waals surface area contributed by atoms with Gasteiger partial charge in [0.2, 0.25) is 0 Å². The van der Waals surface area contributed by atoms with Gasteiger partial charge >= 0.3 is 0 Å². The number of anilines is 2. The van der Waals surface area contributed by atoms with Crippen molar-refractivity contribution in [3.05, 3.63) is 54.1 Å². The number of benzene rings is 2. The van der Waals surface area contributed by atoms with Crippen LogP contribution < -0.4 is 15.8 Å². The Morgan fingerprint density at radius 3 is 2.61 bits per heavy atom. The standard InChI is InChI=1S/C15H18N2O/c1-18-15-11-13(7-8-14(15)16)17-10-9-12-5-3-2-4-6-12/h2-8,11,17H,9-10,16H2,1H3. The molecule has 3 N–H and O–H groups in total. The molecular weight excluding hydrogens is 224 g/mol. The van der Waals surface area contributed by atoms with Gasteiger partial charge in [-0.3, -0.25) is 0 Å². The first-order valence-electron chi connectivity index (χ1n) is 6.01. The van der Waals surface area contributed by atoms with Gasteiger partial charge in [0.05, 0.1) is 12.8 Å². The molecule has 0 aromatic heterocycles. The average molecular weight is 242 g/mol. The van der Waals surface area contributed by atoms with E-state index in [-0.39, 0.29) is 0 Å². The second kappa shape index (κ2) is 5.96. The molecule has 0 spiro atoms. The van der Waals surface area contributed by atoms with Crippen molar-refractivity contribution in [3.8, 4) is 5.75 Å². The number of rotatable bonds is 5. The van der Waals surface area contributed by atoms with Crippen molar-refractivity contribution in [2.24, 2.45) is 0 Å². The summed E-state index contributed by atoms with van der Waals surface area (Å²) in [4.78, 5) is 0. The number of hydrogen-bond acceptors (Lipinski definition) is 3. The van der Waals surface area contributed by atoms with Crippen LogP contribution in [-0.4, -0.2) is 13.7 Å². The molecule has 0 amide bonds. The molecule has 0 heterocycles. The first-order chi connectivity index (χ1) is 8.79. The van der Waals surface area contributed by atoms with Crippen LogP contribution in [0.1, 0.15) is 5.56 Å². The van der Waals surface area contributed by atoms with Gasteiger partial charge in [-0.2, -0.15) is 0 Å². The van der Waals surface area contributed by atoms with Crippen LogP contribution in [-0.2, 0) is 6.42 Å². The fourth-order valence-corrected chi connectivity index (χ4v) is 1.82. The Balaban J connectivity index is 1.91. The first kappa shape index (κ1) is 12.3. The lowest BCUT2D eigenvalue weighted by atomic mass is 10.1. The first-order valence-corrected chi connectivity index (χ1v) is 6.01. The van der Waals surface area contributed by atoms with Gasteiger partial charge in [0.15, 0.2) is 0 Å². The van der Waals surface area contributed by atoms with Gasteiger partial charge in [0.1, 0.15) is 5.75 Å². The minimum absolute atomic E-state index is 0.658. The highest BCUT2D eigenvalue weighted by atomic mass is 16.5. The molecular formula is C15H18N2O. The van der Waals surface area contributed by atoms with Crippen molar-refractivity contribution in [2.45, 2.75) is 6.42 Å². The number of hydrogen-bond donors (Lipinski definition) is 2. The molecule has 2 rings (SSSR count). The zero-order valence-corrected chi connectivity index (χ0v) is 10.5. The molecule has 0 atom stereocenters. The molecule has 18 heavy (non-hydrogen) atoms. The largest absolute Gasteiger partial charge is 0.495 e. The fraction of sp³-hybridized carbons (Fsp3) is 0.200. The third kappa shape index (κ3) is 3.17. The number of nitrogens with one attached hydrogen (secondary N) is 1. The Morgan fingerprint density at radius 1 is 1.11 bits per heavy atom. The van der Waals surface area contributed by atoms with Gasteiger partial charge in [0.25, 0.3) is 0 Å². The third-order valence-corrected chi connectivity index (χ3v) is 2.82. The minimum atomic E-state index is 0.658. The van der Waals surface area contributed by atoms with Crippen molar-refractivity contribution < 1.29 is 4.74 Å². The SMILES string of the molecule is COc1cc(NCCc2ccccc2)ccc1N. The van der Waals surface area contributed by atoms with Gasteiger partial charge in [-0.15, -0.1) is 0 Å². The summed E-state index contributed by atoms with van der Waals surface area (Å²) >= 11 is 0. The van der Waals surface area contributed by atoms with Crippen molar-refractivity contribution >= 4 is 11.4 Å². The fourth-order valence-electron chi connectivity index (χ4n) is 1.82. The van der Waals surface area contributed by atoms with E-state index in [0.29, 0.717) is 11.4 Å². The van der Waals surface area contributed by atoms with Gasteiger partial charge in [-0.05, 0) is 24.1 Å². The highest BCUT2D eigenvalue weighted by Crippen LogP contribution is 2.24. The molecule has 0 bridgehead atoms. The van der Waals surface area contributed by atoms with E-state index in [1.165, 1.54) is 5.56 Å². The lowest BCUT2D eigenvalue weighted by molar-refractivity contribution is 0.417. The summed E-state index contributed by atoms with van der Waals surface area (Å²) in [6, 6.07) is 16.1.